The van der Waals surface area contributed by atoms with E-state index in [2.05, 4.69) is 5.10 Å². The molecule has 0 fully saturated rings. The molecule has 6 heteroatoms. The van der Waals surface area contributed by atoms with Crippen LogP contribution < -0.4 is 5.01 Å². The maximum Gasteiger partial charge on any atom is 0.280 e. The number of para-hydroxylation sites is 1. The summed E-state index contributed by atoms with van der Waals surface area (Å²) in [6.45, 7) is 1.80. The van der Waals surface area contributed by atoms with Crippen molar-refractivity contribution in [2.24, 2.45) is 5.10 Å². The summed E-state index contributed by atoms with van der Waals surface area (Å²) in [6.07, 6.45) is 1.70. The molecule has 27 heavy (non-hydrogen) atoms. The number of benzene rings is 2. The van der Waals surface area contributed by atoms with Gasteiger partial charge < -0.3 is 4.42 Å². The van der Waals surface area contributed by atoms with Crippen LogP contribution in [0.15, 0.2) is 75.8 Å². The van der Waals surface area contributed by atoms with Gasteiger partial charge in [0.2, 0.25) is 0 Å². The van der Waals surface area contributed by atoms with Gasteiger partial charge in [0.1, 0.15) is 11.5 Å². The number of hydrogen-bond donors (Lipinski definition) is 0. The Morgan fingerprint density at radius 1 is 1.00 bits per heavy atom. The molecule has 0 saturated carbocycles. The van der Waals surface area contributed by atoms with Gasteiger partial charge in [-0.15, -0.1) is 0 Å². The lowest BCUT2D eigenvalue weighted by atomic mass is 10.1. The second-order valence-corrected chi connectivity index (χ2v) is 6.84. The lowest BCUT2D eigenvalue weighted by Crippen LogP contribution is -2.21. The Labute approximate surface area is 166 Å². The molecule has 0 spiro atoms. The number of nitrogens with zero attached hydrogens (tertiary/aromatic N) is 2. The lowest BCUT2D eigenvalue weighted by molar-refractivity contribution is -0.114. The van der Waals surface area contributed by atoms with E-state index in [0.29, 0.717) is 32.9 Å². The van der Waals surface area contributed by atoms with Crippen molar-refractivity contribution in [1.29, 1.82) is 0 Å². The smallest absolute Gasteiger partial charge is 0.280 e. The molecule has 0 atom stereocenters. The van der Waals surface area contributed by atoms with Crippen LogP contribution in [0.2, 0.25) is 10.0 Å². The molecule has 2 aromatic carbocycles. The van der Waals surface area contributed by atoms with E-state index in [1.54, 1.807) is 31.2 Å². The maximum atomic E-state index is 12.7. The normalized spacial score (nSPS) is 15.5. The highest BCUT2D eigenvalue weighted by atomic mass is 35.5. The fourth-order valence-corrected chi connectivity index (χ4v) is 3.10. The first-order chi connectivity index (χ1) is 13.0. The number of carbonyl (C=O) groups is 1. The van der Waals surface area contributed by atoms with Gasteiger partial charge in [-0.3, -0.25) is 4.79 Å². The van der Waals surface area contributed by atoms with Crippen LogP contribution in [0.3, 0.4) is 0 Å². The number of furan rings is 1. The second-order valence-electron chi connectivity index (χ2n) is 6.03. The van der Waals surface area contributed by atoms with Crippen molar-refractivity contribution in [2.75, 3.05) is 5.01 Å². The van der Waals surface area contributed by atoms with Gasteiger partial charge >= 0.3 is 0 Å². The zero-order chi connectivity index (χ0) is 19.0. The number of carbonyl (C=O) groups excluding carboxylic acids is 1. The highest BCUT2D eigenvalue weighted by Gasteiger charge is 2.28. The summed E-state index contributed by atoms with van der Waals surface area (Å²) in [7, 11) is 0. The third-order valence-electron chi connectivity index (χ3n) is 4.18. The van der Waals surface area contributed by atoms with Crippen LogP contribution in [0.1, 0.15) is 12.7 Å². The minimum Gasteiger partial charge on any atom is -0.457 e. The SMILES string of the molecule is CC1=NN(c2ccccc2)C(=O)/C1=C\c1ccc(-c2ccc(Cl)c(Cl)c2)o1. The number of anilines is 1. The fraction of sp³-hybridized carbons (Fsp3) is 0.0476. The van der Waals surface area contributed by atoms with E-state index in [0.717, 1.165) is 11.3 Å². The summed E-state index contributed by atoms with van der Waals surface area (Å²) in [6, 6.07) is 18.2. The predicted octanol–water partition coefficient (Wildman–Crippen LogP) is 6.06. The monoisotopic (exact) mass is 396 g/mol. The van der Waals surface area contributed by atoms with Crippen LogP contribution in [-0.4, -0.2) is 11.6 Å². The fourth-order valence-electron chi connectivity index (χ4n) is 2.81. The average Bonchev–Trinajstić information content (AvgIpc) is 3.25. The maximum absolute atomic E-state index is 12.7. The molecule has 134 valence electrons. The van der Waals surface area contributed by atoms with Crippen LogP contribution in [0.5, 0.6) is 0 Å². The first-order valence-corrected chi connectivity index (χ1v) is 9.00. The van der Waals surface area contributed by atoms with E-state index in [1.165, 1.54) is 5.01 Å². The van der Waals surface area contributed by atoms with E-state index in [-0.39, 0.29) is 5.91 Å². The average molecular weight is 397 g/mol. The van der Waals surface area contributed by atoms with Crippen LogP contribution in [-0.2, 0) is 4.79 Å². The molecule has 0 bridgehead atoms. The van der Waals surface area contributed by atoms with E-state index in [1.807, 2.05) is 42.5 Å². The minimum atomic E-state index is -0.189. The zero-order valence-electron chi connectivity index (χ0n) is 14.3. The molecule has 0 radical (unpaired) electrons. The summed E-state index contributed by atoms with van der Waals surface area (Å²) in [5.74, 6) is 1.01. The first-order valence-electron chi connectivity index (χ1n) is 8.25. The van der Waals surface area contributed by atoms with Crippen molar-refractivity contribution in [3.8, 4) is 11.3 Å². The van der Waals surface area contributed by atoms with Gasteiger partial charge in [-0.25, -0.2) is 0 Å². The van der Waals surface area contributed by atoms with Gasteiger partial charge in [-0.05, 0) is 55.5 Å². The van der Waals surface area contributed by atoms with Crippen molar-refractivity contribution in [2.45, 2.75) is 6.92 Å². The highest BCUT2D eigenvalue weighted by Crippen LogP contribution is 2.31. The van der Waals surface area contributed by atoms with Crippen molar-refractivity contribution in [3.05, 3.63) is 82.0 Å². The Bertz CT molecular complexity index is 1080. The van der Waals surface area contributed by atoms with E-state index >= 15 is 0 Å². The van der Waals surface area contributed by atoms with Gasteiger partial charge in [-0.2, -0.15) is 10.1 Å². The number of hydrogen-bond acceptors (Lipinski definition) is 3. The lowest BCUT2D eigenvalue weighted by Gasteiger charge is -2.10. The standard InChI is InChI=1S/C21H14Cl2N2O2/c1-13-17(21(26)25(24-13)15-5-3-2-4-6-15)12-16-8-10-20(27-16)14-7-9-18(22)19(23)11-14/h2-12H,1H3/b17-12-. The molecule has 3 aromatic rings. The largest absolute Gasteiger partial charge is 0.457 e. The molecule has 4 nitrogen and oxygen atoms in total. The number of halogens is 2. The Morgan fingerprint density at radius 3 is 2.52 bits per heavy atom. The van der Waals surface area contributed by atoms with Crippen LogP contribution in [0, 0.1) is 0 Å². The summed E-state index contributed by atoms with van der Waals surface area (Å²) < 4.78 is 5.86. The van der Waals surface area contributed by atoms with Gasteiger partial charge in [0.15, 0.2) is 0 Å². The molecule has 0 saturated heterocycles. The molecule has 2 heterocycles. The summed E-state index contributed by atoms with van der Waals surface area (Å²) in [5.41, 5.74) is 2.66. The number of amides is 1. The van der Waals surface area contributed by atoms with E-state index in [4.69, 9.17) is 27.6 Å². The zero-order valence-corrected chi connectivity index (χ0v) is 15.8. The molecule has 1 aliphatic rings. The molecular weight excluding hydrogens is 383 g/mol. The summed E-state index contributed by atoms with van der Waals surface area (Å²) in [4.78, 5) is 12.7. The quantitative estimate of drug-likeness (QED) is 0.505. The molecule has 0 unspecified atom stereocenters. The molecule has 1 aliphatic heterocycles. The summed E-state index contributed by atoms with van der Waals surface area (Å²) in [5, 5.41) is 6.70. The molecule has 0 aliphatic carbocycles. The van der Waals surface area contributed by atoms with Crippen molar-refractivity contribution >= 4 is 46.6 Å². The molecule has 4 rings (SSSR count). The number of hydrazone groups is 1. The van der Waals surface area contributed by atoms with Crippen LogP contribution >= 0.6 is 23.2 Å². The van der Waals surface area contributed by atoms with E-state index < -0.39 is 0 Å². The first kappa shape index (κ1) is 17.6. The number of rotatable bonds is 3. The third-order valence-corrected chi connectivity index (χ3v) is 4.92. The third kappa shape index (κ3) is 3.42. The second kappa shape index (κ2) is 7.06. The Morgan fingerprint density at radius 2 is 1.78 bits per heavy atom. The molecule has 1 amide bonds. The van der Waals surface area contributed by atoms with Crippen LogP contribution in [0.25, 0.3) is 17.4 Å². The Balaban J connectivity index is 1.63. The van der Waals surface area contributed by atoms with E-state index in [9.17, 15) is 4.79 Å². The van der Waals surface area contributed by atoms with Gasteiger partial charge in [-0.1, -0.05) is 41.4 Å². The summed E-state index contributed by atoms with van der Waals surface area (Å²) >= 11 is 12.0. The van der Waals surface area contributed by atoms with Gasteiger partial charge in [0, 0.05) is 5.56 Å². The molecule has 0 N–H and O–H groups in total. The van der Waals surface area contributed by atoms with Gasteiger partial charge in [0.05, 0.1) is 27.0 Å². The van der Waals surface area contributed by atoms with Gasteiger partial charge in [0.25, 0.3) is 5.91 Å². The highest BCUT2D eigenvalue weighted by molar-refractivity contribution is 6.42. The van der Waals surface area contributed by atoms with Crippen LogP contribution in [0.4, 0.5) is 5.69 Å². The molecule has 1 aromatic heterocycles. The Kier molecular flexibility index (Phi) is 4.60. The Hall–Kier alpha value is -2.82. The van der Waals surface area contributed by atoms with Crippen molar-refractivity contribution < 1.29 is 9.21 Å². The minimum absolute atomic E-state index is 0.189. The predicted molar refractivity (Wildman–Crippen MR) is 109 cm³/mol. The van der Waals surface area contributed by atoms with Crippen molar-refractivity contribution in [1.82, 2.24) is 0 Å². The van der Waals surface area contributed by atoms with Crippen molar-refractivity contribution in [3.63, 3.8) is 0 Å². The molecular formula is C21H14Cl2N2O2. The topological polar surface area (TPSA) is 45.8 Å².